The van der Waals surface area contributed by atoms with Gasteiger partial charge in [-0.05, 0) is 32.2 Å². The Balaban J connectivity index is 2.25. The van der Waals surface area contributed by atoms with Gasteiger partial charge in [0.25, 0.3) is 0 Å². The topological polar surface area (TPSA) is 40.5 Å². The van der Waals surface area contributed by atoms with Crippen molar-refractivity contribution in [3.8, 4) is 0 Å². The number of hydrogen-bond acceptors (Lipinski definition) is 3. The second-order valence-electron chi connectivity index (χ2n) is 3.15. The molecule has 0 atom stereocenters. The van der Waals surface area contributed by atoms with E-state index >= 15 is 0 Å². The van der Waals surface area contributed by atoms with Crippen LogP contribution in [0.1, 0.15) is 12.8 Å². The molecule has 70 valence electrons. The Morgan fingerprint density at radius 3 is 2.58 bits per heavy atom. The van der Waals surface area contributed by atoms with Gasteiger partial charge in [0, 0.05) is 5.88 Å². The highest BCUT2D eigenvalue weighted by Gasteiger charge is 2.23. The maximum absolute atomic E-state index is 10.6. The summed E-state index contributed by atoms with van der Waals surface area (Å²) in [6.07, 6.45) is 3.70. The van der Waals surface area contributed by atoms with E-state index in [0.717, 1.165) is 31.8 Å². The first-order valence-electron chi connectivity index (χ1n) is 4.18. The van der Waals surface area contributed by atoms with Crippen molar-refractivity contribution in [1.29, 1.82) is 0 Å². The normalized spacial score (nSPS) is 21.1. The number of thioether (sulfide) groups is 1. The van der Waals surface area contributed by atoms with Crippen molar-refractivity contribution in [2.24, 2.45) is 5.92 Å². The van der Waals surface area contributed by atoms with E-state index in [2.05, 4.69) is 11.2 Å². The van der Waals surface area contributed by atoms with E-state index in [1.54, 1.807) is 11.8 Å². The molecule has 0 aromatic heterocycles. The molecule has 0 unspecified atom stereocenters. The number of rotatable bonds is 3. The average Bonchev–Trinajstić information content (AvgIpc) is 2.06. The molecule has 1 heterocycles. The van der Waals surface area contributed by atoms with Crippen LogP contribution in [0.5, 0.6) is 0 Å². The van der Waals surface area contributed by atoms with Crippen molar-refractivity contribution in [1.82, 2.24) is 4.90 Å². The summed E-state index contributed by atoms with van der Waals surface area (Å²) >= 11 is 1.80. The minimum absolute atomic E-state index is 0.0943. The Kier molecular flexibility index (Phi) is 3.88. The minimum atomic E-state index is -0.626. The van der Waals surface area contributed by atoms with E-state index in [4.69, 9.17) is 5.11 Å². The first-order valence-corrected chi connectivity index (χ1v) is 5.57. The lowest BCUT2D eigenvalue weighted by molar-refractivity contribution is -0.143. The molecular formula is C8H15NO2S. The molecular weight excluding hydrogens is 174 g/mol. The zero-order valence-electron chi connectivity index (χ0n) is 7.32. The number of hydrogen-bond donors (Lipinski definition) is 1. The molecule has 0 radical (unpaired) electrons. The van der Waals surface area contributed by atoms with Gasteiger partial charge in [0.1, 0.15) is 0 Å². The van der Waals surface area contributed by atoms with E-state index in [1.165, 1.54) is 0 Å². The molecule has 0 aromatic carbocycles. The van der Waals surface area contributed by atoms with Crippen LogP contribution in [0, 0.1) is 5.92 Å². The first-order chi connectivity index (χ1) is 5.74. The molecule has 1 saturated heterocycles. The van der Waals surface area contributed by atoms with E-state index in [1.807, 2.05) is 0 Å². The second-order valence-corrected chi connectivity index (χ2v) is 3.98. The van der Waals surface area contributed by atoms with Crippen molar-refractivity contribution in [3.63, 3.8) is 0 Å². The summed E-state index contributed by atoms with van der Waals surface area (Å²) < 4.78 is 0. The fraction of sp³-hybridized carbons (Fsp3) is 0.875. The molecule has 1 aliphatic rings. The second kappa shape index (κ2) is 4.72. The molecule has 0 amide bonds. The number of carbonyl (C=O) groups is 1. The zero-order valence-corrected chi connectivity index (χ0v) is 8.14. The number of carboxylic acids is 1. The fourth-order valence-corrected chi connectivity index (χ4v) is 2.11. The van der Waals surface area contributed by atoms with E-state index in [9.17, 15) is 4.79 Å². The van der Waals surface area contributed by atoms with Gasteiger partial charge >= 0.3 is 5.97 Å². The van der Waals surface area contributed by atoms with Crippen LogP contribution in [-0.2, 0) is 4.79 Å². The van der Waals surface area contributed by atoms with Crippen LogP contribution in [0.2, 0.25) is 0 Å². The number of likely N-dealkylation sites (tertiary alicyclic amines) is 1. The smallest absolute Gasteiger partial charge is 0.306 e. The highest BCUT2D eigenvalue weighted by molar-refractivity contribution is 7.98. The number of aliphatic carboxylic acids is 1. The van der Waals surface area contributed by atoms with Crippen molar-refractivity contribution >= 4 is 17.7 Å². The molecule has 4 heteroatoms. The van der Waals surface area contributed by atoms with Crippen molar-refractivity contribution in [3.05, 3.63) is 0 Å². The van der Waals surface area contributed by atoms with Crippen LogP contribution in [-0.4, -0.2) is 41.2 Å². The minimum Gasteiger partial charge on any atom is -0.481 e. The lowest BCUT2D eigenvalue weighted by Gasteiger charge is -2.29. The van der Waals surface area contributed by atoms with Crippen LogP contribution in [0.4, 0.5) is 0 Å². The van der Waals surface area contributed by atoms with Gasteiger partial charge < -0.3 is 5.11 Å². The van der Waals surface area contributed by atoms with E-state index in [-0.39, 0.29) is 5.92 Å². The molecule has 0 spiro atoms. The third-order valence-electron chi connectivity index (χ3n) is 2.25. The predicted molar refractivity (Wildman–Crippen MR) is 50.3 cm³/mol. The Bertz CT molecular complexity index is 155. The van der Waals surface area contributed by atoms with Gasteiger partial charge in [-0.3, -0.25) is 9.69 Å². The third-order valence-corrected chi connectivity index (χ3v) is 2.87. The molecule has 1 N–H and O–H groups in total. The number of nitrogens with zero attached hydrogens (tertiary/aromatic N) is 1. The number of piperidine rings is 1. The monoisotopic (exact) mass is 189 g/mol. The molecule has 3 nitrogen and oxygen atoms in total. The molecule has 0 aromatic rings. The lowest BCUT2D eigenvalue weighted by Crippen LogP contribution is -2.35. The van der Waals surface area contributed by atoms with Crippen molar-refractivity contribution in [2.75, 3.05) is 25.2 Å². The maximum atomic E-state index is 10.6. The molecule has 0 saturated carbocycles. The summed E-state index contributed by atoms with van der Waals surface area (Å²) in [7, 11) is 0. The largest absolute Gasteiger partial charge is 0.481 e. The maximum Gasteiger partial charge on any atom is 0.306 e. The Morgan fingerprint density at radius 1 is 1.58 bits per heavy atom. The van der Waals surface area contributed by atoms with Gasteiger partial charge in [0.05, 0.1) is 5.92 Å². The zero-order chi connectivity index (χ0) is 8.97. The summed E-state index contributed by atoms with van der Waals surface area (Å²) in [5.41, 5.74) is 0. The van der Waals surface area contributed by atoms with Gasteiger partial charge in [-0.1, -0.05) is 0 Å². The van der Waals surface area contributed by atoms with Crippen LogP contribution in [0.3, 0.4) is 0 Å². The molecule has 0 bridgehead atoms. The van der Waals surface area contributed by atoms with Crippen molar-refractivity contribution in [2.45, 2.75) is 12.8 Å². The third kappa shape index (κ3) is 2.68. The van der Waals surface area contributed by atoms with Gasteiger partial charge in [-0.15, -0.1) is 11.8 Å². The molecule has 1 aliphatic heterocycles. The number of carboxylic acid groups (broad SMARTS) is 1. The summed E-state index contributed by atoms with van der Waals surface area (Å²) in [6, 6.07) is 0. The fourth-order valence-electron chi connectivity index (χ4n) is 1.49. The Morgan fingerprint density at radius 2 is 2.17 bits per heavy atom. The van der Waals surface area contributed by atoms with Crippen LogP contribution in [0.15, 0.2) is 0 Å². The highest BCUT2D eigenvalue weighted by atomic mass is 32.2. The molecule has 1 fully saturated rings. The quantitative estimate of drug-likeness (QED) is 0.722. The summed E-state index contributed by atoms with van der Waals surface area (Å²) in [6.45, 7) is 1.88. The Hall–Kier alpha value is -0.220. The lowest BCUT2D eigenvalue weighted by atomic mass is 9.98. The molecule has 12 heavy (non-hydrogen) atoms. The SMILES string of the molecule is CSCN1CCC(C(=O)O)CC1. The standard InChI is InChI=1S/C8H15NO2S/c1-12-6-9-4-2-7(3-5-9)8(10)11/h7H,2-6H2,1H3,(H,10,11). The van der Waals surface area contributed by atoms with Crippen LogP contribution in [0.25, 0.3) is 0 Å². The van der Waals surface area contributed by atoms with Crippen LogP contribution >= 0.6 is 11.8 Å². The highest BCUT2D eigenvalue weighted by Crippen LogP contribution is 2.18. The Labute approximate surface area is 77.1 Å². The van der Waals surface area contributed by atoms with Crippen molar-refractivity contribution < 1.29 is 9.90 Å². The average molecular weight is 189 g/mol. The molecule has 1 rings (SSSR count). The van der Waals surface area contributed by atoms with E-state index in [0.29, 0.717) is 0 Å². The van der Waals surface area contributed by atoms with Gasteiger partial charge in [-0.2, -0.15) is 0 Å². The van der Waals surface area contributed by atoms with Gasteiger partial charge in [0.15, 0.2) is 0 Å². The van der Waals surface area contributed by atoms with Gasteiger partial charge in [0.2, 0.25) is 0 Å². The van der Waals surface area contributed by atoms with Gasteiger partial charge in [-0.25, -0.2) is 0 Å². The predicted octanol–water partition coefficient (Wildman–Crippen LogP) is 1.10. The van der Waals surface area contributed by atoms with Crippen LogP contribution < -0.4 is 0 Å². The first kappa shape index (κ1) is 9.86. The molecule has 0 aliphatic carbocycles. The summed E-state index contributed by atoms with van der Waals surface area (Å²) in [5, 5.41) is 8.73. The summed E-state index contributed by atoms with van der Waals surface area (Å²) in [5.74, 6) is 0.314. The summed E-state index contributed by atoms with van der Waals surface area (Å²) in [4.78, 5) is 12.9. The van der Waals surface area contributed by atoms with E-state index < -0.39 is 5.97 Å².